The maximum atomic E-state index is 15.4. The molecule has 0 unspecified atom stereocenters. The van der Waals surface area contributed by atoms with Crippen molar-refractivity contribution in [3.63, 3.8) is 0 Å². The van der Waals surface area contributed by atoms with E-state index < -0.39 is 63.7 Å². The molecule has 2 atom stereocenters. The van der Waals surface area contributed by atoms with Crippen LogP contribution >= 0.6 is 23.6 Å². The van der Waals surface area contributed by atoms with Gasteiger partial charge < -0.3 is 34.6 Å². The number of thiocarbonyl (C=S) groups is 1. The molecule has 2 aromatic heterocycles. The lowest BCUT2D eigenvalue weighted by Gasteiger charge is -2.35. The highest BCUT2D eigenvalue weighted by molar-refractivity contribution is 7.81. The first-order valence-electron chi connectivity index (χ1n) is 22.7. The van der Waals surface area contributed by atoms with Gasteiger partial charge in [-0.3, -0.25) is 24.1 Å². The Bertz CT molecular complexity index is 2630. The molecule has 2 aliphatic rings. The summed E-state index contributed by atoms with van der Waals surface area (Å²) in [7, 11) is 0. The summed E-state index contributed by atoms with van der Waals surface area (Å²) < 4.78 is 73.8. The van der Waals surface area contributed by atoms with E-state index >= 15 is 4.39 Å². The van der Waals surface area contributed by atoms with Crippen molar-refractivity contribution in [1.29, 1.82) is 5.26 Å². The molecule has 2 saturated heterocycles. The molecule has 15 nitrogen and oxygen atoms in total. The summed E-state index contributed by atoms with van der Waals surface area (Å²) in [5, 5.41) is 14.7. The molecule has 70 heavy (non-hydrogen) atoms. The van der Waals surface area contributed by atoms with Crippen LogP contribution in [0.1, 0.15) is 88.2 Å². The number of carbonyl (C=O) groups is 4. The molecular weight excluding hydrogens is 953 g/mol. The van der Waals surface area contributed by atoms with Gasteiger partial charge in [0.05, 0.1) is 65.1 Å². The van der Waals surface area contributed by atoms with Crippen LogP contribution in [-0.2, 0) is 41.4 Å². The summed E-state index contributed by atoms with van der Waals surface area (Å²) in [4.78, 5) is 67.3. The van der Waals surface area contributed by atoms with E-state index in [1.54, 1.807) is 29.2 Å². The number of anilines is 2. The quantitative estimate of drug-likeness (QED) is 0.0530. The second-order valence-electron chi connectivity index (χ2n) is 18.5. The van der Waals surface area contributed by atoms with E-state index in [0.29, 0.717) is 61.5 Å². The number of halogens is 4. The van der Waals surface area contributed by atoms with Crippen molar-refractivity contribution in [2.75, 3.05) is 49.4 Å². The first kappa shape index (κ1) is 53.3. The molecule has 0 bridgehead atoms. The van der Waals surface area contributed by atoms with Gasteiger partial charge in [0.2, 0.25) is 23.6 Å². The van der Waals surface area contributed by atoms with Gasteiger partial charge in [-0.05, 0) is 99.8 Å². The lowest BCUT2D eigenvalue weighted by atomic mass is 9.85. The number of nitrogens with zero attached hydrogens (tertiary/aromatic N) is 6. The van der Waals surface area contributed by atoms with Crippen molar-refractivity contribution in [3.05, 3.63) is 87.9 Å². The summed E-state index contributed by atoms with van der Waals surface area (Å²) in [6, 6.07) is 11.1. The Morgan fingerprint density at radius 3 is 2.34 bits per heavy atom. The third-order valence-electron chi connectivity index (χ3n) is 12.0. The number of likely N-dealkylation sites (tertiary alicyclic amines) is 1. The molecule has 374 valence electrons. The Kier molecular flexibility index (Phi) is 17.0. The molecule has 2 fully saturated rings. The minimum Gasteiger partial charge on any atom is -0.478 e. The van der Waals surface area contributed by atoms with E-state index in [0.717, 1.165) is 33.8 Å². The topological polar surface area (TPSA) is 179 Å². The third-order valence-corrected chi connectivity index (χ3v) is 13.3. The lowest BCUT2D eigenvalue weighted by molar-refractivity contribution is -0.144. The van der Waals surface area contributed by atoms with Crippen molar-refractivity contribution in [1.82, 2.24) is 25.5 Å². The van der Waals surface area contributed by atoms with Gasteiger partial charge in [0.1, 0.15) is 29.8 Å². The fourth-order valence-corrected chi connectivity index (χ4v) is 9.52. The second-order valence-corrected chi connectivity index (χ2v) is 19.7. The van der Waals surface area contributed by atoms with Crippen molar-refractivity contribution in [3.8, 4) is 22.4 Å². The van der Waals surface area contributed by atoms with Crippen molar-refractivity contribution in [2.45, 2.75) is 104 Å². The summed E-state index contributed by atoms with van der Waals surface area (Å²) in [6.07, 6.45) is -1.38. The number of hydrogen-bond donors (Lipinski definition) is 2. The Labute approximate surface area is 413 Å². The number of amides is 4. The highest BCUT2D eigenvalue weighted by Gasteiger charge is 2.52. The van der Waals surface area contributed by atoms with Gasteiger partial charge in [-0.15, -0.1) is 11.3 Å². The maximum Gasteiger partial charge on any atom is 0.420 e. The van der Waals surface area contributed by atoms with Crippen LogP contribution in [0.25, 0.3) is 10.4 Å². The number of hydrogen-bond acceptors (Lipinski definition) is 12. The summed E-state index contributed by atoms with van der Waals surface area (Å²) in [6.45, 7) is 13.7. The number of nitriles is 1. The van der Waals surface area contributed by atoms with Gasteiger partial charge in [0, 0.05) is 25.8 Å². The Morgan fingerprint density at radius 2 is 1.70 bits per heavy atom. The average Bonchev–Trinajstić information content (AvgIpc) is 4.01. The van der Waals surface area contributed by atoms with Crippen LogP contribution < -0.4 is 25.2 Å². The van der Waals surface area contributed by atoms with Gasteiger partial charge in [0.25, 0.3) is 5.91 Å². The zero-order valence-electron chi connectivity index (χ0n) is 40.0. The third kappa shape index (κ3) is 12.1. The monoisotopic (exact) mass is 1010 g/mol. The molecule has 0 aliphatic carbocycles. The number of nitrogens with one attached hydrogen (secondary N) is 2. The number of thiazole rings is 1. The molecule has 6 rings (SSSR count). The van der Waals surface area contributed by atoms with Crippen LogP contribution in [0.5, 0.6) is 5.88 Å². The molecule has 2 N–H and O–H groups in total. The van der Waals surface area contributed by atoms with E-state index in [4.69, 9.17) is 26.4 Å². The first-order valence-corrected chi connectivity index (χ1v) is 24.0. The summed E-state index contributed by atoms with van der Waals surface area (Å²) in [5.41, 5.74) is 0.152. The fraction of sp³-hybridized carbons (Fsp3) is 0.469. The van der Waals surface area contributed by atoms with Crippen molar-refractivity contribution < 1.29 is 51.0 Å². The SMILES string of the molecule is Cc1cc(OCCCCOCCOCC(=O)N[C@H](C(=O)N2CCC[C@H]2C(=O)NCc2ccc(-c3scnc3C)cc2)C(C)(C)C)ncc1N1C(=S)N(c2ccc(C#N)c(C(F)(F)F)c2F)C(=O)C1(C)C. The van der Waals surface area contributed by atoms with E-state index in [1.807, 2.05) is 57.5 Å². The smallest absolute Gasteiger partial charge is 0.420 e. The zero-order valence-corrected chi connectivity index (χ0v) is 41.6. The number of alkyl halides is 3. The summed E-state index contributed by atoms with van der Waals surface area (Å²) in [5.74, 6) is -3.33. The van der Waals surface area contributed by atoms with Crippen LogP contribution in [0.2, 0.25) is 0 Å². The van der Waals surface area contributed by atoms with Crippen LogP contribution in [0.15, 0.2) is 54.2 Å². The van der Waals surface area contributed by atoms with E-state index in [1.165, 1.54) is 31.0 Å². The Hall–Kier alpha value is -6.08. The standard InChI is InChI=1S/C49H56F4N8O7S2/c1-29-23-38(55-26-36(29)61-46(69)60(45(65)48(61,6)7)34-17-16-33(24-54)39(40(34)50)49(51,52)53)68-20-9-8-19-66-21-22-67-27-37(62)58-42(47(3,4)5)44(64)59-18-10-11-35(59)43(63)56-25-31-12-14-32(15-13-31)41-30(2)57-28-70-41/h12-17,23,26,28,35,42H,8-11,18-22,25,27H2,1-7H3,(H,56,63)(H,58,62)/t35-,42+/m0/s1. The van der Waals surface area contributed by atoms with E-state index in [2.05, 4.69) is 20.6 Å². The zero-order chi connectivity index (χ0) is 51.1. The van der Waals surface area contributed by atoms with E-state index in [-0.39, 0.29) is 49.2 Å². The normalized spacial score (nSPS) is 16.4. The number of rotatable bonds is 19. The number of unbranched alkanes of at least 4 members (excludes halogenated alkanes) is 1. The predicted molar refractivity (Wildman–Crippen MR) is 258 cm³/mol. The van der Waals surface area contributed by atoms with Gasteiger partial charge in [-0.1, -0.05) is 45.0 Å². The summed E-state index contributed by atoms with van der Waals surface area (Å²) >= 11 is 7.12. The van der Waals surface area contributed by atoms with Crippen LogP contribution in [-0.4, -0.2) is 101 Å². The Balaban J connectivity index is 0.895. The molecule has 4 amide bonds. The number of aromatic nitrogens is 2. The number of ether oxygens (including phenoxy) is 3. The molecule has 0 radical (unpaired) electrons. The van der Waals surface area contributed by atoms with Gasteiger partial charge in [0.15, 0.2) is 10.9 Å². The highest BCUT2D eigenvalue weighted by atomic mass is 32.1. The number of benzene rings is 2. The predicted octanol–water partition coefficient (Wildman–Crippen LogP) is 7.80. The fourth-order valence-electron chi connectivity index (χ4n) is 8.20. The molecule has 0 spiro atoms. The molecular formula is C49H56F4N8O7S2. The van der Waals surface area contributed by atoms with Crippen molar-refractivity contribution >= 4 is 63.7 Å². The molecule has 2 aromatic carbocycles. The number of pyridine rings is 1. The minimum absolute atomic E-state index is 0.132. The van der Waals surface area contributed by atoms with Crippen molar-refractivity contribution in [2.24, 2.45) is 5.41 Å². The molecule has 4 heterocycles. The first-order chi connectivity index (χ1) is 33.1. The van der Waals surface area contributed by atoms with E-state index in [9.17, 15) is 37.6 Å². The van der Waals surface area contributed by atoms with Crippen LogP contribution in [0.4, 0.5) is 28.9 Å². The van der Waals surface area contributed by atoms with Crippen LogP contribution in [0, 0.1) is 36.4 Å². The second kappa shape index (κ2) is 22.3. The molecule has 4 aromatic rings. The molecule has 0 saturated carbocycles. The minimum atomic E-state index is -5.20. The van der Waals surface area contributed by atoms with Gasteiger partial charge in [-0.25, -0.2) is 14.4 Å². The largest absolute Gasteiger partial charge is 0.478 e. The lowest BCUT2D eigenvalue weighted by Crippen LogP contribution is -2.58. The maximum absolute atomic E-state index is 15.4. The number of aryl methyl sites for hydroxylation is 2. The average molecular weight is 1010 g/mol. The van der Waals surface area contributed by atoms with Crippen LogP contribution in [0.3, 0.4) is 0 Å². The van der Waals surface area contributed by atoms with Gasteiger partial charge >= 0.3 is 6.18 Å². The van der Waals surface area contributed by atoms with Gasteiger partial charge in [-0.2, -0.15) is 18.4 Å². The molecule has 2 aliphatic heterocycles. The molecule has 21 heteroatoms. The number of carbonyl (C=O) groups excluding carboxylic acids is 4. The highest BCUT2D eigenvalue weighted by Crippen LogP contribution is 2.43. The Morgan fingerprint density at radius 1 is 1.00 bits per heavy atom.